The average Bonchev–Trinajstić information content (AvgIpc) is 3.21. The number of rotatable bonds is 11. The Morgan fingerprint density at radius 1 is 0.640 bits per heavy atom. The number of hydrogen-bond donors (Lipinski definition) is 0. The number of carbonyl (C=O) groups excluding carboxylic acids is 2. The Labute approximate surface area is 156 Å². The van der Waals surface area contributed by atoms with Gasteiger partial charge >= 0.3 is 0 Å². The van der Waals surface area contributed by atoms with Crippen LogP contribution >= 0.6 is 0 Å². The Morgan fingerprint density at radius 2 is 1.04 bits per heavy atom. The summed E-state index contributed by atoms with van der Waals surface area (Å²) >= 11 is 0. The summed E-state index contributed by atoms with van der Waals surface area (Å²) in [6.45, 7) is 4.46. The maximum absolute atomic E-state index is 11.3. The van der Waals surface area contributed by atoms with Crippen molar-refractivity contribution in [2.24, 2.45) is 11.8 Å². The lowest BCUT2D eigenvalue weighted by atomic mass is 9.98. The van der Waals surface area contributed by atoms with Crippen LogP contribution in [0.3, 0.4) is 0 Å². The molecule has 2 saturated carbocycles. The minimum Gasteiger partial charge on any atom is -0.299 e. The van der Waals surface area contributed by atoms with E-state index in [4.69, 9.17) is 0 Å². The summed E-state index contributed by atoms with van der Waals surface area (Å²) in [4.78, 5) is 22.5. The van der Waals surface area contributed by atoms with Gasteiger partial charge in [0.15, 0.2) is 0 Å². The molecule has 0 N–H and O–H groups in total. The van der Waals surface area contributed by atoms with E-state index in [1.54, 1.807) is 0 Å². The van der Waals surface area contributed by atoms with Crippen LogP contribution in [0.15, 0.2) is 0 Å². The van der Waals surface area contributed by atoms with Crippen molar-refractivity contribution < 1.29 is 9.59 Å². The number of hydrogen-bond acceptors (Lipinski definition) is 2. The van der Waals surface area contributed by atoms with E-state index in [1.165, 1.54) is 83.5 Å². The minimum atomic E-state index is 0.446. The molecular formula is C23H42O2. The predicted molar refractivity (Wildman–Crippen MR) is 107 cm³/mol. The molecule has 0 radical (unpaired) electrons. The number of ketones is 2. The first kappa shape index (κ1) is 22.4. The van der Waals surface area contributed by atoms with Gasteiger partial charge in [0.25, 0.3) is 0 Å². The van der Waals surface area contributed by atoms with Crippen molar-refractivity contribution in [1.29, 1.82) is 0 Å². The normalized spacial score (nSPS) is 23.0. The maximum Gasteiger partial charge on any atom is 0.135 e. The van der Waals surface area contributed by atoms with E-state index >= 15 is 0 Å². The van der Waals surface area contributed by atoms with Gasteiger partial charge in [-0.2, -0.15) is 0 Å². The molecule has 2 aliphatic rings. The summed E-state index contributed by atoms with van der Waals surface area (Å²) < 4.78 is 0. The quantitative estimate of drug-likeness (QED) is 0.374. The van der Waals surface area contributed by atoms with Crippen LogP contribution in [0.5, 0.6) is 0 Å². The second-order valence-electron chi connectivity index (χ2n) is 8.16. The summed E-state index contributed by atoms with van der Waals surface area (Å²) in [5.41, 5.74) is 0. The minimum absolute atomic E-state index is 0.446. The van der Waals surface area contributed by atoms with Crippen LogP contribution < -0.4 is 0 Å². The zero-order valence-electron chi connectivity index (χ0n) is 17.0. The van der Waals surface area contributed by atoms with Crippen LogP contribution in [0, 0.1) is 11.8 Å². The lowest BCUT2D eigenvalue weighted by molar-refractivity contribution is -0.121. The molecule has 0 spiro atoms. The average molecular weight is 351 g/mol. The molecule has 0 aliphatic heterocycles. The summed E-state index contributed by atoms with van der Waals surface area (Å²) in [5, 5.41) is 0. The van der Waals surface area contributed by atoms with Crippen LogP contribution in [-0.4, -0.2) is 11.6 Å². The first-order valence-electron chi connectivity index (χ1n) is 11.2. The molecule has 0 aromatic rings. The molecule has 2 aliphatic carbocycles. The van der Waals surface area contributed by atoms with E-state index in [1.807, 2.05) is 0 Å². The maximum atomic E-state index is 11.3. The molecule has 2 rings (SSSR count). The zero-order valence-corrected chi connectivity index (χ0v) is 17.0. The summed E-state index contributed by atoms with van der Waals surface area (Å²) in [7, 11) is 0. The highest BCUT2D eigenvalue weighted by Crippen LogP contribution is 2.27. The third-order valence-electron chi connectivity index (χ3n) is 5.92. The highest BCUT2D eigenvalue weighted by molar-refractivity contribution is 5.83. The fourth-order valence-electron chi connectivity index (χ4n) is 4.20. The molecule has 0 heterocycles. The van der Waals surface area contributed by atoms with Crippen molar-refractivity contribution in [3.05, 3.63) is 0 Å². The molecule has 0 aromatic carbocycles. The molecule has 2 nitrogen and oxygen atoms in total. The Kier molecular flexibility index (Phi) is 13.0. The SMILES string of the molecule is CCCCCCC1CCCC1=O.CCCCCCCC1CCCC1=O. The fraction of sp³-hybridized carbons (Fsp3) is 0.913. The van der Waals surface area contributed by atoms with Gasteiger partial charge in [0.1, 0.15) is 11.6 Å². The zero-order chi connectivity index (χ0) is 18.3. The highest BCUT2D eigenvalue weighted by atomic mass is 16.1. The van der Waals surface area contributed by atoms with Crippen molar-refractivity contribution >= 4 is 11.6 Å². The second kappa shape index (κ2) is 14.5. The van der Waals surface area contributed by atoms with Crippen molar-refractivity contribution in [2.75, 3.05) is 0 Å². The predicted octanol–water partition coefficient (Wildman–Crippen LogP) is 7.04. The van der Waals surface area contributed by atoms with Crippen molar-refractivity contribution in [3.63, 3.8) is 0 Å². The van der Waals surface area contributed by atoms with Crippen LogP contribution in [0.4, 0.5) is 0 Å². The van der Waals surface area contributed by atoms with Gasteiger partial charge in [-0.05, 0) is 38.5 Å². The van der Waals surface area contributed by atoms with E-state index in [0.29, 0.717) is 23.4 Å². The molecule has 2 heteroatoms. The van der Waals surface area contributed by atoms with Gasteiger partial charge < -0.3 is 0 Å². The molecule has 0 bridgehead atoms. The Bertz CT molecular complexity index is 361. The summed E-state index contributed by atoms with van der Waals surface area (Å²) in [5.74, 6) is 1.96. The molecule has 2 fully saturated rings. The number of carbonyl (C=O) groups is 2. The molecule has 0 amide bonds. The number of unbranched alkanes of at least 4 members (excludes halogenated alkanes) is 7. The van der Waals surface area contributed by atoms with E-state index in [9.17, 15) is 9.59 Å². The van der Waals surface area contributed by atoms with Crippen LogP contribution in [-0.2, 0) is 9.59 Å². The topological polar surface area (TPSA) is 34.1 Å². The Hall–Kier alpha value is -0.660. The van der Waals surface area contributed by atoms with Crippen molar-refractivity contribution in [1.82, 2.24) is 0 Å². The first-order valence-corrected chi connectivity index (χ1v) is 11.2. The molecule has 0 saturated heterocycles. The van der Waals surface area contributed by atoms with E-state index in [-0.39, 0.29) is 0 Å². The third kappa shape index (κ3) is 10.2. The molecule has 0 aromatic heterocycles. The molecule has 2 atom stereocenters. The lowest BCUT2D eigenvalue weighted by Gasteiger charge is -2.06. The van der Waals surface area contributed by atoms with Crippen LogP contribution in [0.25, 0.3) is 0 Å². The lowest BCUT2D eigenvalue weighted by Crippen LogP contribution is -2.05. The van der Waals surface area contributed by atoms with E-state index in [2.05, 4.69) is 13.8 Å². The Balaban J connectivity index is 0.000000251. The largest absolute Gasteiger partial charge is 0.299 e. The number of Topliss-reactive ketones (excluding diaryl/α,β-unsaturated/α-hetero) is 2. The molecule has 25 heavy (non-hydrogen) atoms. The first-order chi connectivity index (χ1) is 12.2. The van der Waals surface area contributed by atoms with Gasteiger partial charge in [-0.3, -0.25) is 9.59 Å². The fourth-order valence-corrected chi connectivity index (χ4v) is 4.20. The van der Waals surface area contributed by atoms with E-state index < -0.39 is 0 Å². The monoisotopic (exact) mass is 350 g/mol. The standard InChI is InChI=1S/C12H22O.C11H20O/c1-2-3-4-5-6-8-11-9-7-10-12(11)13;1-2-3-4-5-7-10-8-6-9-11(10)12/h11H,2-10H2,1H3;10H,2-9H2,1H3. The van der Waals surface area contributed by atoms with Gasteiger partial charge in [0, 0.05) is 24.7 Å². The van der Waals surface area contributed by atoms with Crippen LogP contribution in [0.2, 0.25) is 0 Å². The Morgan fingerprint density at radius 3 is 1.40 bits per heavy atom. The smallest absolute Gasteiger partial charge is 0.135 e. The van der Waals surface area contributed by atoms with Crippen molar-refractivity contribution in [2.45, 2.75) is 123 Å². The highest BCUT2D eigenvalue weighted by Gasteiger charge is 2.23. The van der Waals surface area contributed by atoms with Crippen LogP contribution in [0.1, 0.15) is 123 Å². The van der Waals surface area contributed by atoms with Crippen molar-refractivity contribution in [3.8, 4) is 0 Å². The van der Waals surface area contributed by atoms with Gasteiger partial charge in [-0.1, -0.05) is 71.6 Å². The van der Waals surface area contributed by atoms with Gasteiger partial charge in [-0.25, -0.2) is 0 Å². The van der Waals surface area contributed by atoms with E-state index in [0.717, 1.165) is 25.7 Å². The van der Waals surface area contributed by atoms with Gasteiger partial charge in [0.05, 0.1) is 0 Å². The molecule has 146 valence electrons. The third-order valence-corrected chi connectivity index (χ3v) is 5.92. The van der Waals surface area contributed by atoms with Gasteiger partial charge in [0.2, 0.25) is 0 Å². The molecular weight excluding hydrogens is 308 g/mol. The molecule has 2 unspecified atom stereocenters. The second-order valence-corrected chi connectivity index (χ2v) is 8.16. The summed E-state index contributed by atoms with van der Waals surface area (Å²) in [6.07, 6.45) is 20.5. The van der Waals surface area contributed by atoms with Gasteiger partial charge in [-0.15, -0.1) is 0 Å². The summed E-state index contributed by atoms with van der Waals surface area (Å²) in [6, 6.07) is 0.